The first-order valence-electron chi connectivity index (χ1n) is 11.5. The van der Waals surface area contributed by atoms with E-state index in [1.165, 1.54) is 0 Å². The van der Waals surface area contributed by atoms with Crippen LogP contribution in [0.5, 0.6) is 5.75 Å². The lowest BCUT2D eigenvalue weighted by atomic mass is 10.1. The zero-order valence-electron chi connectivity index (χ0n) is 19.4. The molecule has 0 unspecified atom stereocenters. The summed E-state index contributed by atoms with van der Waals surface area (Å²) in [6.07, 6.45) is 7.75. The van der Waals surface area contributed by atoms with E-state index in [4.69, 9.17) is 9.72 Å². The summed E-state index contributed by atoms with van der Waals surface area (Å²) in [5, 5.41) is 0. The van der Waals surface area contributed by atoms with Gasteiger partial charge in [0.25, 0.3) is 5.91 Å². The average Bonchev–Trinajstić information content (AvgIpc) is 3.54. The normalized spacial score (nSPS) is 15.5. The lowest BCUT2D eigenvalue weighted by molar-refractivity contribution is 0.0732. The van der Waals surface area contributed by atoms with Gasteiger partial charge in [-0.3, -0.25) is 9.78 Å². The number of carbonyl (C=O) groups excluding carboxylic acids is 1. The number of benzene rings is 1. The minimum absolute atomic E-state index is 0.00780. The Morgan fingerprint density at radius 3 is 2.74 bits per heavy atom. The van der Waals surface area contributed by atoms with Gasteiger partial charge >= 0.3 is 0 Å². The van der Waals surface area contributed by atoms with Gasteiger partial charge in [0.15, 0.2) is 0 Å². The topological polar surface area (TPSA) is 73.1 Å². The number of carbonyl (C=O) groups is 1. The third kappa shape index (κ3) is 4.29. The van der Waals surface area contributed by atoms with Gasteiger partial charge in [0.05, 0.1) is 48.3 Å². The average molecular weight is 454 g/mol. The van der Waals surface area contributed by atoms with E-state index in [0.29, 0.717) is 18.5 Å². The summed E-state index contributed by atoms with van der Waals surface area (Å²) in [6, 6.07) is 17.6. The summed E-state index contributed by atoms with van der Waals surface area (Å²) in [6.45, 7) is 0.712. The number of methoxy groups -OCH3 is 1. The fourth-order valence-electron chi connectivity index (χ4n) is 4.57. The number of rotatable bonds is 6. The Labute approximate surface area is 199 Å². The Morgan fingerprint density at radius 1 is 1.09 bits per heavy atom. The smallest absolute Gasteiger partial charge is 0.255 e. The number of likely N-dealkylation sites (tertiary alicyclic amines) is 1. The fraction of sp³-hybridized carbons (Fsp3) is 0.259. The molecule has 4 aromatic rings. The van der Waals surface area contributed by atoms with Crippen LogP contribution in [-0.4, -0.2) is 44.0 Å². The SMILES string of the molecule is COc1ccccc1Cc1ccc(C(=O)N2CCC[C@@H]2c2cccc(-c3cncn3C)n2)cn1. The van der Waals surface area contributed by atoms with Crippen molar-refractivity contribution in [2.24, 2.45) is 7.05 Å². The maximum Gasteiger partial charge on any atom is 0.255 e. The van der Waals surface area contributed by atoms with Crippen molar-refractivity contribution >= 4 is 5.91 Å². The van der Waals surface area contributed by atoms with Gasteiger partial charge in [-0.05, 0) is 43.2 Å². The summed E-state index contributed by atoms with van der Waals surface area (Å²) >= 11 is 0. The Balaban J connectivity index is 1.34. The molecule has 172 valence electrons. The lowest BCUT2D eigenvalue weighted by Gasteiger charge is -2.24. The molecule has 1 aliphatic heterocycles. The van der Waals surface area contributed by atoms with Gasteiger partial charge in [-0.15, -0.1) is 0 Å². The summed E-state index contributed by atoms with van der Waals surface area (Å²) in [5.41, 5.74) is 5.27. The maximum atomic E-state index is 13.4. The number of nitrogens with zero attached hydrogens (tertiary/aromatic N) is 5. The number of aryl methyl sites for hydroxylation is 1. The Kier molecular flexibility index (Phi) is 6.08. The van der Waals surface area contributed by atoms with Crippen molar-refractivity contribution in [3.8, 4) is 17.1 Å². The van der Waals surface area contributed by atoms with Crippen molar-refractivity contribution < 1.29 is 9.53 Å². The van der Waals surface area contributed by atoms with Gasteiger partial charge in [0.2, 0.25) is 0 Å². The van der Waals surface area contributed by atoms with Gasteiger partial charge in [0, 0.05) is 37.5 Å². The van der Waals surface area contributed by atoms with Gasteiger partial charge in [0.1, 0.15) is 5.75 Å². The maximum absolute atomic E-state index is 13.4. The third-order valence-corrected chi connectivity index (χ3v) is 6.34. The molecule has 1 aromatic carbocycles. The van der Waals surface area contributed by atoms with Crippen LogP contribution < -0.4 is 4.74 Å². The van der Waals surface area contributed by atoms with Crippen molar-refractivity contribution in [3.05, 3.63) is 95.8 Å². The van der Waals surface area contributed by atoms with Crippen molar-refractivity contribution in [1.82, 2.24) is 24.4 Å². The van der Waals surface area contributed by atoms with Crippen LogP contribution in [0.4, 0.5) is 0 Å². The van der Waals surface area contributed by atoms with E-state index in [1.54, 1.807) is 19.6 Å². The highest BCUT2D eigenvalue weighted by atomic mass is 16.5. The van der Waals surface area contributed by atoms with Crippen LogP contribution in [0.2, 0.25) is 0 Å². The number of hydrogen-bond acceptors (Lipinski definition) is 5. The first kappa shape index (κ1) is 21.8. The van der Waals surface area contributed by atoms with E-state index in [2.05, 4.69) is 9.97 Å². The highest BCUT2D eigenvalue weighted by Crippen LogP contribution is 2.33. The molecule has 0 aliphatic carbocycles. The lowest BCUT2D eigenvalue weighted by Crippen LogP contribution is -2.31. The number of amides is 1. The molecular formula is C27H27N5O2. The quantitative estimate of drug-likeness (QED) is 0.431. The fourth-order valence-corrected chi connectivity index (χ4v) is 4.57. The molecule has 0 spiro atoms. The second kappa shape index (κ2) is 9.47. The van der Waals surface area contributed by atoms with Gasteiger partial charge in [-0.1, -0.05) is 24.3 Å². The molecule has 1 fully saturated rings. The summed E-state index contributed by atoms with van der Waals surface area (Å²) in [5.74, 6) is 0.830. The predicted molar refractivity (Wildman–Crippen MR) is 129 cm³/mol. The molecule has 7 heteroatoms. The van der Waals surface area contributed by atoms with E-state index in [-0.39, 0.29) is 11.9 Å². The molecule has 3 aromatic heterocycles. The number of imidazole rings is 1. The minimum Gasteiger partial charge on any atom is -0.496 e. The van der Waals surface area contributed by atoms with Crippen LogP contribution in [0.25, 0.3) is 11.4 Å². The number of para-hydroxylation sites is 1. The Morgan fingerprint density at radius 2 is 1.97 bits per heavy atom. The van der Waals surface area contributed by atoms with E-state index >= 15 is 0 Å². The summed E-state index contributed by atoms with van der Waals surface area (Å²) in [4.78, 5) is 29.0. The molecule has 0 radical (unpaired) electrons. The minimum atomic E-state index is -0.0473. The van der Waals surface area contributed by atoms with Gasteiger partial charge in [-0.25, -0.2) is 9.97 Å². The highest BCUT2D eigenvalue weighted by molar-refractivity contribution is 5.94. The molecule has 1 saturated heterocycles. The van der Waals surface area contributed by atoms with E-state index < -0.39 is 0 Å². The van der Waals surface area contributed by atoms with Gasteiger partial charge in [-0.2, -0.15) is 0 Å². The highest BCUT2D eigenvalue weighted by Gasteiger charge is 2.32. The standard InChI is InChI=1S/C27H27N5O2/c1-31-18-28-17-25(31)23-9-5-8-22(30-23)24-10-6-14-32(24)27(33)20-12-13-21(29-16-20)15-19-7-3-4-11-26(19)34-2/h3-5,7-9,11-13,16-18,24H,6,10,14-15H2,1-2H3/t24-/m1/s1. The van der Waals surface area contributed by atoms with Crippen LogP contribution in [0, 0.1) is 0 Å². The number of pyridine rings is 2. The molecule has 4 heterocycles. The summed E-state index contributed by atoms with van der Waals surface area (Å²) < 4.78 is 7.39. The molecule has 7 nitrogen and oxygen atoms in total. The number of hydrogen-bond donors (Lipinski definition) is 0. The van der Waals surface area contributed by atoms with Crippen LogP contribution >= 0.6 is 0 Å². The summed E-state index contributed by atoms with van der Waals surface area (Å²) in [7, 11) is 3.62. The Hall–Kier alpha value is -4.00. The van der Waals surface area contributed by atoms with Crippen LogP contribution in [0.3, 0.4) is 0 Å². The number of aromatic nitrogens is 4. The first-order valence-corrected chi connectivity index (χ1v) is 11.5. The van der Waals surface area contributed by atoms with Crippen molar-refractivity contribution in [2.75, 3.05) is 13.7 Å². The van der Waals surface area contributed by atoms with Crippen LogP contribution in [0.1, 0.15) is 46.2 Å². The zero-order chi connectivity index (χ0) is 23.5. The van der Waals surface area contributed by atoms with E-state index in [0.717, 1.165) is 46.9 Å². The molecule has 1 aliphatic rings. The second-order valence-corrected chi connectivity index (χ2v) is 8.52. The second-order valence-electron chi connectivity index (χ2n) is 8.52. The van der Waals surface area contributed by atoms with E-state index in [9.17, 15) is 4.79 Å². The molecule has 0 saturated carbocycles. The zero-order valence-corrected chi connectivity index (χ0v) is 19.4. The molecule has 1 amide bonds. The largest absolute Gasteiger partial charge is 0.496 e. The molecular weight excluding hydrogens is 426 g/mol. The molecule has 1 atom stereocenters. The van der Waals surface area contributed by atoms with Crippen molar-refractivity contribution in [1.29, 1.82) is 0 Å². The van der Waals surface area contributed by atoms with Crippen LogP contribution in [-0.2, 0) is 13.5 Å². The molecule has 5 rings (SSSR count). The van der Waals surface area contributed by atoms with Crippen molar-refractivity contribution in [2.45, 2.75) is 25.3 Å². The molecule has 0 bridgehead atoms. The molecule has 0 N–H and O–H groups in total. The molecule has 34 heavy (non-hydrogen) atoms. The monoisotopic (exact) mass is 453 g/mol. The van der Waals surface area contributed by atoms with E-state index in [1.807, 2.05) is 77.3 Å². The number of ether oxygens (including phenoxy) is 1. The van der Waals surface area contributed by atoms with Crippen LogP contribution in [0.15, 0.2) is 73.3 Å². The van der Waals surface area contributed by atoms with Crippen molar-refractivity contribution in [3.63, 3.8) is 0 Å². The Bertz CT molecular complexity index is 1300. The van der Waals surface area contributed by atoms with Gasteiger partial charge < -0.3 is 14.2 Å². The third-order valence-electron chi connectivity index (χ3n) is 6.34. The predicted octanol–water partition coefficient (Wildman–Crippen LogP) is 4.45. The first-order chi connectivity index (χ1) is 16.6.